The van der Waals surface area contributed by atoms with Crippen LogP contribution < -0.4 is 5.32 Å². The number of rotatable bonds is 5. The molecule has 0 heterocycles. The minimum Gasteiger partial charge on any atom is -0.466 e. The zero-order valence-corrected chi connectivity index (χ0v) is 12.9. The van der Waals surface area contributed by atoms with Crippen molar-refractivity contribution in [1.29, 1.82) is 0 Å². The molecule has 1 aliphatic rings. The van der Waals surface area contributed by atoms with E-state index >= 15 is 0 Å². The fraction of sp³-hybridized carbons (Fsp3) is 0.312. The van der Waals surface area contributed by atoms with Crippen LogP contribution in [0.2, 0.25) is 5.02 Å². The average molecular weight is 322 g/mol. The number of carbonyl (C=O) groups excluding carboxylic acids is 3. The second kappa shape index (κ2) is 7.22. The van der Waals surface area contributed by atoms with Gasteiger partial charge in [0, 0.05) is 35.5 Å². The van der Waals surface area contributed by atoms with Gasteiger partial charge in [-0.05, 0) is 24.1 Å². The van der Waals surface area contributed by atoms with Gasteiger partial charge in [0.2, 0.25) is 5.91 Å². The number of hydrogen-bond donors (Lipinski definition) is 1. The van der Waals surface area contributed by atoms with Crippen LogP contribution in [-0.2, 0) is 20.7 Å². The van der Waals surface area contributed by atoms with Crippen LogP contribution in [0.3, 0.4) is 0 Å². The molecule has 2 rings (SSSR count). The lowest BCUT2D eigenvalue weighted by Crippen LogP contribution is -2.27. The Labute approximate surface area is 133 Å². The molecule has 1 N–H and O–H groups in total. The number of carbonyl (C=O) groups is 3. The largest absolute Gasteiger partial charge is 0.466 e. The number of ether oxygens (including phenoxy) is 1. The summed E-state index contributed by atoms with van der Waals surface area (Å²) >= 11 is 5.89. The maximum absolute atomic E-state index is 12.2. The van der Waals surface area contributed by atoms with Gasteiger partial charge in [-0.1, -0.05) is 23.7 Å². The van der Waals surface area contributed by atoms with E-state index in [2.05, 4.69) is 10.1 Å². The van der Waals surface area contributed by atoms with Crippen molar-refractivity contribution in [3.8, 4) is 0 Å². The number of methoxy groups -OCH3 is 1. The Balaban J connectivity index is 1.85. The van der Waals surface area contributed by atoms with E-state index in [-0.39, 0.29) is 30.6 Å². The van der Waals surface area contributed by atoms with Crippen molar-refractivity contribution < 1.29 is 19.1 Å². The molecule has 1 unspecified atom stereocenters. The Hall–Kier alpha value is -2.14. The minimum atomic E-state index is -0.479. The first kappa shape index (κ1) is 16.2. The zero-order chi connectivity index (χ0) is 16.1. The highest BCUT2D eigenvalue weighted by atomic mass is 35.5. The summed E-state index contributed by atoms with van der Waals surface area (Å²) in [5.74, 6) is -1.10. The monoisotopic (exact) mass is 321 g/mol. The molecule has 0 aromatic heterocycles. The number of amides is 1. The molecule has 0 radical (unpaired) electrons. The number of fused-ring (bicyclic) bond motifs is 1. The summed E-state index contributed by atoms with van der Waals surface area (Å²) in [6.07, 6.45) is 3.40. The molecule has 1 amide bonds. The van der Waals surface area contributed by atoms with E-state index < -0.39 is 5.97 Å². The summed E-state index contributed by atoms with van der Waals surface area (Å²) in [6.45, 7) is 0.216. The van der Waals surface area contributed by atoms with Gasteiger partial charge >= 0.3 is 5.97 Å². The molecule has 1 aromatic rings. The third-order valence-corrected chi connectivity index (χ3v) is 3.71. The number of halogens is 1. The van der Waals surface area contributed by atoms with E-state index in [1.54, 1.807) is 12.1 Å². The highest BCUT2D eigenvalue weighted by molar-refractivity contribution is 6.31. The number of benzene rings is 1. The van der Waals surface area contributed by atoms with E-state index in [1.807, 2.05) is 6.07 Å². The number of esters is 1. The second-order valence-corrected chi connectivity index (χ2v) is 5.44. The first-order chi connectivity index (χ1) is 10.5. The molecule has 22 heavy (non-hydrogen) atoms. The van der Waals surface area contributed by atoms with Crippen LogP contribution in [0.5, 0.6) is 0 Å². The lowest BCUT2D eigenvalue weighted by Gasteiger charge is -2.07. The summed E-state index contributed by atoms with van der Waals surface area (Å²) in [5.41, 5.74) is 1.54. The van der Waals surface area contributed by atoms with Gasteiger partial charge in [-0.15, -0.1) is 0 Å². The normalized spacial score (nSPS) is 16.6. The third-order valence-electron chi connectivity index (χ3n) is 3.48. The number of nitrogens with one attached hydrogen (secondary N) is 1. The summed E-state index contributed by atoms with van der Waals surface area (Å²) in [4.78, 5) is 34.9. The van der Waals surface area contributed by atoms with Crippen molar-refractivity contribution >= 4 is 29.3 Å². The van der Waals surface area contributed by atoms with Crippen LogP contribution in [-0.4, -0.2) is 31.3 Å². The van der Waals surface area contributed by atoms with Crippen molar-refractivity contribution in [3.63, 3.8) is 0 Å². The maximum Gasteiger partial charge on any atom is 0.330 e. The molecule has 0 bridgehead atoms. The van der Waals surface area contributed by atoms with Crippen LogP contribution in [0, 0.1) is 5.92 Å². The van der Waals surface area contributed by atoms with Crippen LogP contribution in [0.4, 0.5) is 0 Å². The molecule has 0 fully saturated rings. The fourth-order valence-electron chi connectivity index (χ4n) is 2.39. The van der Waals surface area contributed by atoms with Gasteiger partial charge in [-0.3, -0.25) is 9.59 Å². The lowest BCUT2D eigenvalue weighted by atomic mass is 10.0. The van der Waals surface area contributed by atoms with Gasteiger partial charge in [-0.2, -0.15) is 0 Å². The van der Waals surface area contributed by atoms with Crippen LogP contribution in [0.1, 0.15) is 22.3 Å². The molecule has 1 atom stereocenters. The van der Waals surface area contributed by atoms with E-state index in [1.165, 1.54) is 19.3 Å². The standard InChI is InChI=1S/C16H16ClNO4/c1-22-15(20)3-2-6-18-14(19)8-11-7-10-4-5-12(17)9-13(10)16(11)21/h2-5,9,11H,6-8H2,1H3,(H,18,19)/b3-2+. The van der Waals surface area contributed by atoms with Crippen molar-refractivity contribution in [2.75, 3.05) is 13.7 Å². The summed E-state index contributed by atoms with van der Waals surface area (Å²) < 4.78 is 4.43. The highest BCUT2D eigenvalue weighted by Gasteiger charge is 2.31. The first-order valence-corrected chi connectivity index (χ1v) is 7.23. The Morgan fingerprint density at radius 1 is 1.45 bits per heavy atom. The molecule has 6 heteroatoms. The van der Waals surface area contributed by atoms with Crippen molar-refractivity contribution in [3.05, 3.63) is 46.5 Å². The fourth-order valence-corrected chi connectivity index (χ4v) is 2.56. The second-order valence-electron chi connectivity index (χ2n) is 5.00. The molecular formula is C16H16ClNO4. The molecule has 1 aliphatic carbocycles. The van der Waals surface area contributed by atoms with Crippen LogP contribution in [0.25, 0.3) is 0 Å². The molecule has 0 saturated heterocycles. The summed E-state index contributed by atoms with van der Waals surface area (Å²) in [7, 11) is 1.28. The van der Waals surface area contributed by atoms with Gasteiger partial charge < -0.3 is 10.1 Å². The van der Waals surface area contributed by atoms with Crippen LogP contribution in [0.15, 0.2) is 30.4 Å². The molecule has 5 nitrogen and oxygen atoms in total. The maximum atomic E-state index is 12.2. The van der Waals surface area contributed by atoms with Crippen molar-refractivity contribution in [2.24, 2.45) is 5.92 Å². The number of ketones is 1. The quantitative estimate of drug-likeness (QED) is 0.664. The lowest BCUT2D eigenvalue weighted by molar-refractivity contribution is -0.134. The third kappa shape index (κ3) is 3.95. The highest BCUT2D eigenvalue weighted by Crippen LogP contribution is 2.30. The average Bonchev–Trinajstić information content (AvgIpc) is 2.79. The molecule has 0 saturated carbocycles. The Morgan fingerprint density at radius 2 is 2.23 bits per heavy atom. The van der Waals surface area contributed by atoms with E-state index in [4.69, 9.17) is 11.6 Å². The van der Waals surface area contributed by atoms with Gasteiger partial charge in [0.15, 0.2) is 5.78 Å². The Kier molecular flexibility index (Phi) is 5.33. The zero-order valence-electron chi connectivity index (χ0n) is 12.1. The SMILES string of the molecule is COC(=O)/C=C/CNC(=O)CC1Cc2ccc(Cl)cc2C1=O. The van der Waals surface area contributed by atoms with E-state index in [9.17, 15) is 14.4 Å². The van der Waals surface area contributed by atoms with Crippen molar-refractivity contribution in [1.82, 2.24) is 5.32 Å². The van der Waals surface area contributed by atoms with Gasteiger partial charge in [0.1, 0.15) is 0 Å². The minimum absolute atomic E-state index is 0.0437. The topological polar surface area (TPSA) is 72.5 Å². The molecule has 116 valence electrons. The molecule has 1 aromatic carbocycles. The number of hydrogen-bond acceptors (Lipinski definition) is 4. The Bertz CT molecular complexity index is 639. The predicted molar refractivity (Wildman–Crippen MR) is 81.8 cm³/mol. The van der Waals surface area contributed by atoms with Crippen LogP contribution >= 0.6 is 11.6 Å². The smallest absolute Gasteiger partial charge is 0.330 e. The molecular weight excluding hydrogens is 306 g/mol. The predicted octanol–water partition coefficient (Wildman–Crippen LogP) is 1.93. The molecule has 0 aliphatic heterocycles. The van der Waals surface area contributed by atoms with Gasteiger partial charge in [-0.25, -0.2) is 4.79 Å². The van der Waals surface area contributed by atoms with Gasteiger partial charge in [0.05, 0.1) is 7.11 Å². The van der Waals surface area contributed by atoms with Crippen molar-refractivity contribution in [2.45, 2.75) is 12.8 Å². The number of Topliss-reactive ketones (excluding diaryl/α,β-unsaturated/α-hetero) is 1. The first-order valence-electron chi connectivity index (χ1n) is 6.85. The Morgan fingerprint density at radius 3 is 2.95 bits per heavy atom. The summed E-state index contributed by atoms with van der Waals surface area (Å²) in [6, 6.07) is 5.22. The van der Waals surface area contributed by atoms with Gasteiger partial charge in [0.25, 0.3) is 0 Å². The molecule has 0 spiro atoms. The van der Waals surface area contributed by atoms with E-state index in [0.717, 1.165) is 5.56 Å². The van der Waals surface area contributed by atoms with E-state index in [0.29, 0.717) is 17.0 Å². The summed E-state index contributed by atoms with van der Waals surface area (Å²) in [5, 5.41) is 3.15.